The van der Waals surface area contributed by atoms with Gasteiger partial charge in [-0.05, 0) is 31.1 Å². The predicted octanol–water partition coefficient (Wildman–Crippen LogP) is 2.46. The molecule has 112 valence electrons. The largest absolute Gasteiger partial charge is 0.370 e. The Hall–Kier alpha value is -1.85. The molecule has 0 aliphatic heterocycles. The number of hydrogen-bond acceptors (Lipinski definition) is 3. The van der Waals surface area contributed by atoms with Gasteiger partial charge in [0.2, 0.25) is 0 Å². The molecule has 3 N–H and O–H groups in total. The van der Waals surface area contributed by atoms with Crippen molar-refractivity contribution in [3.63, 3.8) is 0 Å². The number of nitrogens with one attached hydrogen (secondary N) is 1. The van der Waals surface area contributed by atoms with Crippen LogP contribution in [0.5, 0.6) is 0 Å². The van der Waals surface area contributed by atoms with E-state index in [2.05, 4.69) is 46.8 Å². The molecule has 0 spiro atoms. The lowest BCUT2D eigenvalue weighted by molar-refractivity contribution is 0.303. The normalized spacial score (nSPS) is 13.4. The quantitative estimate of drug-likeness (QED) is 0.636. The van der Waals surface area contributed by atoms with Gasteiger partial charge in [-0.3, -0.25) is 0 Å². The average molecular weight is 302 g/mol. The first-order valence-electron chi connectivity index (χ1n) is 6.94. The molecule has 0 bridgehead atoms. The third-order valence-corrected chi connectivity index (χ3v) is 4.22. The zero-order valence-electron chi connectivity index (χ0n) is 12.5. The van der Waals surface area contributed by atoms with E-state index in [4.69, 9.17) is 5.73 Å². The van der Waals surface area contributed by atoms with Crippen molar-refractivity contribution >= 4 is 17.3 Å². The van der Waals surface area contributed by atoms with Crippen molar-refractivity contribution in [2.45, 2.75) is 12.6 Å². The first kappa shape index (κ1) is 15.5. The minimum absolute atomic E-state index is 0.301. The summed E-state index contributed by atoms with van der Waals surface area (Å²) in [6.45, 7) is 1.35. The van der Waals surface area contributed by atoms with Crippen LogP contribution in [0.1, 0.15) is 16.5 Å². The van der Waals surface area contributed by atoms with E-state index in [0.717, 1.165) is 12.1 Å². The van der Waals surface area contributed by atoms with Gasteiger partial charge in [-0.2, -0.15) is 0 Å². The smallest absolute Gasteiger partial charge is 0.188 e. The van der Waals surface area contributed by atoms with E-state index in [1.165, 1.54) is 4.88 Å². The van der Waals surface area contributed by atoms with Gasteiger partial charge in [0.05, 0.1) is 12.6 Å². The van der Waals surface area contributed by atoms with Gasteiger partial charge in [-0.1, -0.05) is 36.4 Å². The summed E-state index contributed by atoms with van der Waals surface area (Å²) in [6, 6.07) is 14.6. The summed E-state index contributed by atoms with van der Waals surface area (Å²) in [7, 11) is 4.15. The molecule has 0 aliphatic rings. The van der Waals surface area contributed by atoms with Crippen LogP contribution in [0.2, 0.25) is 0 Å². The fourth-order valence-corrected chi connectivity index (χ4v) is 2.96. The van der Waals surface area contributed by atoms with Crippen LogP contribution < -0.4 is 11.1 Å². The predicted molar refractivity (Wildman–Crippen MR) is 90.5 cm³/mol. The summed E-state index contributed by atoms with van der Waals surface area (Å²) >= 11 is 1.76. The molecule has 0 saturated carbocycles. The SMILES string of the molecule is CN(C)[C@H](CNC(N)=NCc1ccccc1)c1cccs1. The molecule has 4 nitrogen and oxygen atoms in total. The highest BCUT2D eigenvalue weighted by Gasteiger charge is 2.14. The van der Waals surface area contributed by atoms with Crippen LogP contribution in [0.15, 0.2) is 52.8 Å². The van der Waals surface area contributed by atoms with Crippen molar-refractivity contribution in [1.29, 1.82) is 0 Å². The fourth-order valence-electron chi connectivity index (χ4n) is 2.04. The number of likely N-dealkylation sites (N-methyl/N-ethyl adjacent to an activating group) is 1. The molecule has 5 heteroatoms. The number of benzene rings is 1. The molecule has 0 aliphatic carbocycles. The van der Waals surface area contributed by atoms with Crippen molar-refractivity contribution < 1.29 is 0 Å². The molecule has 21 heavy (non-hydrogen) atoms. The zero-order valence-corrected chi connectivity index (χ0v) is 13.3. The molecule has 1 aromatic carbocycles. The van der Waals surface area contributed by atoms with E-state index >= 15 is 0 Å². The molecular weight excluding hydrogens is 280 g/mol. The van der Waals surface area contributed by atoms with Crippen molar-refractivity contribution in [2.24, 2.45) is 10.7 Å². The van der Waals surface area contributed by atoms with Crippen LogP contribution in [0.25, 0.3) is 0 Å². The third kappa shape index (κ3) is 4.88. The van der Waals surface area contributed by atoms with Crippen LogP contribution in [0, 0.1) is 0 Å². The van der Waals surface area contributed by atoms with Gasteiger partial charge < -0.3 is 16.0 Å². The summed E-state index contributed by atoms with van der Waals surface area (Å²) in [5, 5.41) is 5.31. The van der Waals surface area contributed by atoms with E-state index < -0.39 is 0 Å². The molecule has 0 fully saturated rings. The molecule has 0 saturated heterocycles. The number of thiophene rings is 1. The number of nitrogens with two attached hydrogens (primary N) is 1. The molecule has 2 rings (SSSR count). The number of aliphatic imine (C=N–C) groups is 1. The Kier molecular flexibility index (Phi) is 5.78. The summed E-state index contributed by atoms with van der Waals surface area (Å²) in [5.74, 6) is 0.488. The fraction of sp³-hybridized carbons (Fsp3) is 0.312. The van der Waals surface area contributed by atoms with Gasteiger partial charge in [0, 0.05) is 11.4 Å². The maximum Gasteiger partial charge on any atom is 0.188 e. The Morgan fingerprint density at radius 3 is 2.62 bits per heavy atom. The van der Waals surface area contributed by atoms with Crippen LogP contribution in [-0.2, 0) is 6.54 Å². The molecule has 2 aromatic rings. The Bertz CT molecular complexity index is 549. The Morgan fingerprint density at radius 2 is 2.00 bits per heavy atom. The van der Waals surface area contributed by atoms with Gasteiger partial charge in [0.1, 0.15) is 0 Å². The lowest BCUT2D eigenvalue weighted by Crippen LogP contribution is -2.38. The molecule has 1 atom stereocenters. The number of hydrogen-bond donors (Lipinski definition) is 2. The number of guanidine groups is 1. The van der Waals surface area contributed by atoms with Crippen molar-refractivity contribution in [2.75, 3.05) is 20.6 Å². The lowest BCUT2D eigenvalue weighted by atomic mass is 10.2. The Labute approximate surface area is 130 Å². The molecule has 1 heterocycles. The molecular formula is C16H22N4S. The van der Waals surface area contributed by atoms with Crippen LogP contribution in [0.4, 0.5) is 0 Å². The second-order valence-corrected chi connectivity index (χ2v) is 6.04. The van der Waals surface area contributed by atoms with Crippen molar-refractivity contribution in [1.82, 2.24) is 10.2 Å². The first-order chi connectivity index (χ1) is 10.2. The topological polar surface area (TPSA) is 53.6 Å². The lowest BCUT2D eigenvalue weighted by Gasteiger charge is -2.23. The highest BCUT2D eigenvalue weighted by atomic mass is 32.1. The molecule has 0 unspecified atom stereocenters. The summed E-state index contributed by atoms with van der Waals surface area (Å²) in [5.41, 5.74) is 7.10. The van der Waals surface area contributed by atoms with Crippen molar-refractivity contribution in [3.8, 4) is 0 Å². The standard InChI is InChI=1S/C16H22N4S/c1-20(2)14(15-9-6-10-21-15)12-19-16(17)18-11-13-7-4-3-5-8-13/h3-10,14H,11-12H2,1-2H3,(H3,17,18,19)/t14-/m1/s1. The van der Waals surface area contributed by atoms with Gasteiger partial charge in [-0.25, -0.2) is 4.99 Å². The van der Waals surface area contributed by atoms with Gasteiger partial charge in [0.15, 0.2) is 5.96 Å². The average Bonchev–Trinajstić information content (AvgIpc) is 3.00. The highest BCUT2D eigenvalue weighted by molar-refractivity contribution is 7.10. The van der Waals surface area contributed by atoms with E-state index in [1.807, 2.05) is 30.3 Å². The third-order valence-electron chi connectivity index (χ3n) is 3.25. The van der Waals surface area contributed by atoms with E-state index in [9.17, 15) is 0 Å². The van der Waals surface area contributed by atoms with Gasteiger partial charge in [-0.15, -0.1) is 11.3 Å². The molecule has 0 amide bonds. The molecule has 0 radical (unpaired) electrons. The first-order valence-corrected chi connectivity index (χ1v) is 7.82. The zero-order chi connectivity index (χ0) is 15.1. The maximum atomic E-state index is 5.95. The highest BCUT2D eigenvalue weighted by Crippen LogP contribution is 2.22. The van der Waals surface area contributed by atoms with Crippen LogP contribution in [0.3, 0.4) is 0 Å². The second kappa shape index (κ2) is 7.81. The van der Waals surface area contributed by atoms with Crippen LogP contribution >= 0.6 is 11.3 Å². The summed E-state index contributed by atoms with van der Waals surface area (Å²) < 4.78 is 0. The minimum Gasteiger partial charge on any atom is -0.370 e. The summed E-state index contributed by atoms with van der Waals surface area (Å²) in [4.78, 5) is 7.88. The maximum absolute atomic E-state index is 5.95. The Morgan fingerprint density at radius 1 is 1.24 bits per heavy atom. The Balaban J connectivity index is 1.88. The number of rotatable bonds is 6. The van der Waals surface area contributed by atoms with E-state index in [0.29, 0.717) is 18.5 Å². The van der Waals surface area contributed by atoms with Gasteiger partial charge in [0.25, 0.3) is 0 Å². The van der Waals surface area contributed by atoms with Crippen molar-refractivity contribution in [3.05, 3.63) is 58.3 Å². The second-order valence-electron chi connectivity index (χ2n) is 5.06. The van der Waals surface area contributed by atoms with Crippen LogP contribution in [-0.4, -0.2) is 31.5 Å². The van der Waals surface area contributed by atoms with E-state index in [1.54, 1.807) is 11.3 Å². The summed E-state index contributed by atoms with van der Waals surface area (Å²) in [6.07, 6.45) is 0. The van der Waals surface area contributed by atoms with Gasteiger partial charge >= 0.3 is 0 Å². The number of nitrogens with zero attached hydrogens (tertiary/aromatic N) is 2. The van der Waals surface area contributed by atoms with E-state index in [-0.39, 0.29) is 0 Å². The minimum atomic E-state index is 0.301. The molecule has 1 aromatic heterocycles. The monoisotopic (exact) mass is 302 g/mol.